The molecule has 1 aromatic carbocycles. The summed E-state index contributed by atoms with van der Waals surface area (Å²) in [5.74, 6) is -0.712. The van der Waals surface area contributed by atoms with Crippen molar-refractivity contribution in [3.8, 4) is 0 Å². The highest BCUT2D eigenvalue weighted by molar-refractivity contribution is 5.91. The number of nitrogens with zero attached hydrogens (tertiary/aromatic N) is 1. The number of carbonyl (C=O) groups excluding carboxylic acids is 2. The Labute approximate surface area is 142 Å². The lowest BCUT2D eigenvalue weighted by Crippen LogP contribution is -2.51. The zero-order chi connectivity index (χ0) is 17.4. The van der Waals surface area contributed by atoms with E-state index in [-0.39, 0.29) is 18.9 Å². The normalized spacial score (nSPS) is 26.3. The third-order valence-corrected chi connectivity index (χ3v) is 5.68. The van der Waals surface area contributed by atoms with Crippen LogP contribution in [0.15, 0.2) is 24.3 Å². The van der Waals surface area contributed by atoms with Gasteiger partial charge in [-0.1, -0.05) is 49.1 Å². The van der Waals surface area contributed by atoms with Gasteiger partial charge in [0.25, 0.3) is 5.91 Å². The van der Waals surface area contributed by atoms with E-state index in [0.29, 0.717) is 6.54 Å². The Bertz CT molecular complexity index is 652. The van der Waals surface area contributed by atoms with Crippen LogP contribution in [0.3, 0.4) is 0 Å². The van der Waals surface area contributed by atoms with Gasteiger partial charge in [0, 0.05) is 13.0 Å². The lowest BCUT2D eigenvalue weighted by Gasteiger charge is -2.39. The number of carbonyl (C=O) groups is 2. The highest BCUT2D eigenvalue weighted by Crippen LogP contribution is 2.42. The van der Waals surface area contributed by atoms with Crippen molar-refractivity contribution >= 4 is 11.8 Å². The molecule has 1 saturated carbocycles. The zero-order valence-corrected chi connectivity index (χ0v) is 14.3. The molecule has 1 unspecified atom stereocenters. The standard InChI is InChI=1S/C19H26N2O3/c1-14-6-5-7-15(12-14)18(8-3-2-4-9-18)17(23)21-11-10-19(24,13-21)16(20)22/h5-7,12,24H,2-4,8-11,13H2,1H3,(H2,20,22). The number of hydrogen-bond acceptors (Lipinski definition) is 3. The van der Waals surface area contributed by atoms with Gasteiger partial charge in [0.05, 0.1) is 12.0 Å². The Balaban J connectivity index is 1.92. The molecule has 1 aromatic rings. The van der Waals surface area contributed by atoms with Crippen molar-refractivity contribution in [1.82, 2.24) is 4.90 Å². The van der Waals surface area contributed by atoms with Crippen LogP contribution in [0.4, 0.5) is 0 Å². The van der Waals surface area contributed by atoms with E-state index in [1.807, 2.05) is 25.1 Å². The molecule has 1 heterocycles. The maximum absolute atomic E-state index is 13.4. The minimum Gasteiger partial charge on any atom is -0.378 e. The van der Waals surface area contributed by atoms with Crippen LogP contribution in [-0.4, -0.2) is 40.5 Å². The van der Waals surface area contributed by atoms with Crippen molar-refractivity contribution in [2.45, 2.75) is 56.5 Å². The van der Waals surface area contributed by atoms with Crippen molar-refractivity contribution in [2.24, 2.45) is 5.73 Å². The van der Waals surface area contributed by atoms with E-state index in [1.165, 1.54) is 0 Å². The average Bonchev–Trinajstić information content (AvgIpc) is 2.98. The van der Waals surface area contributed by atoms with Crippen LogP contribution in [0, 0.1) is 6.92 Å². The largest absolute Gasteiger partial charge is 0.378 e. The van der Waals surface area contributed by atoms with Crippen molar-refractivity contribution in [2.75, 3.05) is 13.1 Å². The lowest BCUT2D eigenvalue weighted by molar-refractivity contribution is -0.141. The van der Waals surface area contributed by atoms with Gasteiger partial charge < -0.3 is 15.7 Å². The van der Waals surface area contributed by atoms with Crippen LogP contribution >= 0.6 is 0 Å². The van der Waals surface area contributed by atoms with Crippen molar-refractivity contribution < 1.29 is 14.7 Å². The molecule has 5 nitrogen and oxygen atoms in total. The van der Waals surface area contributed by atoms with Gasteiger partial charge >= 0.3 is 0 Å². The summed E-state index contributed by atoms with van der Waals surface area (Å²) in [6.07, 6.45) is 5.05. The van der Waals surface area contributed by atoms with Crippen LogP contribution in [-0.2, 0) is 15.0 Å². The van der Waals surface area contributed by atoms with Crippen LogP contribution in [0.1, 0.15) is 49.7 Å². The quantitative estimate of drug-likeness (QED) is 0.884. The van der Waals surface area contributed by atoms with E-state index in [1.54, 1.807) is 4.90 Å². The fraction of sp³-hybridized carbons (Fsp3) is 0.579. The fourth-order valence-electron chi connectivity index (χ4n) is 4.19. The molecule has 1 aliphatic heterocycles. The number of primary amides is 1. The Morgan fingerprint density at radius 1 is 1.17 bits per heavy atom. The number of nitrogens with two attached hydrogens (primary N) is 1. The predicted molar refractivity (Wildman–Crippen MR) is 91.3 cm³/mol. The monoisotopic (exact) mass is 330 g/mol. The average molecular weight is 330 g/mol. The van der Waals surface area contributed by atoms with E-state index in [9.17, 15) is 14.7 Å². The first-order valence-electron chi connectivity index (χ1n) is 8.76. The first-order valence-corrected chi connectivity index (χ1v) is 8.76. The van der Waals surface area contributed by atoms with Crippen molar-refractivity contribution in [3.63, 3.8) is 0 Å². The molecule has 24 heavy (non-hydrogen) atoms. The number of aliphatic hydroxyl groups is 1. The first-order chi connectivity index (χ1) is 11.4. The summed E-state index contributed by atoms with van der Waals surface area (Å²) in [7, 11) is 0. The Hall–Kier alpha value is -1.88. The number of β-amino-alcohol motifs (C(OH)–C–C–N with tert-alkyl or cyclic N) is 1. The number of amides is 2. The predicted octanol–water partition coefficient (Wildman–Crippen LogP) is 1.65. The topological polar surface area (TPSA) is 83.6 Å². The smallest absolute Gasteiger partial charge is 0.251 e. The summed E-state index contributed by atoms with van der Waals surface area (Å²) >= 11 is 0. The molecule has 5 heteroatoms. The SMILES string of the molecule is Cc1cccc(C2(C(=O)N3CCC(O)(C(N)=O)C3)CCCCC2)c1. The van der Waals surface area contributed by atoms with Crippen LogP contribution in [0.5, 0.6) is 0 Å². The molecular weight excluding hydrogens is 304 g/mol. The van der Waals surface area contributed by atoms with Crippen LogP contribution in [0.25, 0.3) is 0 Å². The number of aryl methyl sites for hydroxylation is 1. The van der Waals surface area contributed by atoms with E-state index < -0.39 is 16.9 Å². The molecule has 1 atom stereocenters. The summed E-state index contributed by atoms with van der Waals surface area (Å²) in [6.45, 7) is 2.42. The summed E-state index contributed by atoms with van der Waals surface area (Å²) in [5, 5.41) is 10.3. The highest BCUT2D eigenvalue weighted by Gasteiger charge is 2.49. The summed E-state index contributed by atoms with van der Waals surface area (Å²) in [4.78, 5) is 26.5. The molecule has 0 aromatic heterocycles. The third-order valence-electron chi connectivity index (χ3n) is 5.68. The molecule has 2 aliphatic rings. The van der Waals surface area contributed by atoms with Gasteiger partial charge in [-0.25, -0.2) is 0 Å². The number of hydrogen-bond donors (Lipinski definition) is 2. The molecular formula is C19H26N2O3. The molecule has 1 saturated heterocycles. The Kier molecular flexibility index (Phi) is 4.38. The number of benzene rings is 1. The van der Waals surface area contributed by atoms with E-state index >= 15 is 0 Å². The number of rotatable bonds is 3. The van der Waals surface area contributed by atoms with Gasteiger partial charge in [-0.05, 0) is 25.3 Å². The minimum absolute atomic E-state index is 0.00866. The minimum atomic E-state index is -1.59. The summed E-state index contributed by atoms with van der Waals surface area (Å²) < 4.78 is 0. The lowest BCUT2D eigenvalue weighted by atomic mass is 9.68. The van der Waals surface area contributed by atoms with Gasteiger partial charge in [0.1, 0.15) is 0 Å². The maximum Gasteiger partial charge on any atom is 0.251 e. The summed E-state index contributed by atoms with van der Waals surface area (Å²) in [5.41, 5.74) is 5.39. The molecule has 130 valence electrons. The molecule has 2 amide bonds. The van der Waals surface area contributed by atoms with Gasteiger partial charge in [-0.2, -0.15) is 0 Å². The second-order valence-electron chi connectivity index (χ2n) is 7.38. The molecule has 3 N–H and O–H groups in total. The van der Waals surface area contributed by atoms with E-state index in [2.05, 4.69) is 6.07 Å². The molecule has 0 bridgehead atoms. The molecule has 0 radical (unpaired) electrons. The van der Waals surface area contributed by atoms with Gasteiger partial charge in [0.2, 0.25) is 5.91 Å². The Morgan fingerprint density at radius 2 is 1.88 bits per heavy atom. The van der Waals surface area contributed by atoms with Crippen molar-refractivity contribution in [1.29, 1.82) is 0 Å². The van der Waals surface area contributed by atoms with Gasteiger partial charge in [-0.15, -0.1) is 0 Å². The van der Waals surface area contributed by atoms with Gasteiger partial charge in [-0.3, -0.25) is 9.59 Å². The zero-order valence-electron chi connectivity index (χ0n) is 14.3. The molecule has 3 rings (SSSR count). The Morgan fingerprint density at radius 3 is 2.46 bits per heavy atom. The fourth-order valence-corrected chi connectivity index (χ4v) is 4.19. The highest BCUT2D eigenvalue weighted by atomic mass is 16.3. The van der Waals surface area contributed by atoms with Crippen LogP contribution < -0.4 is 5.73 Å². The van der Waals surface area contributed by atoms with E-state index in [0.717, 1.165) is 43.2 Å². The second-order valence-corrected chi connectivity index (χ2v) is 7.38. The first kappa shape index (κ1) is 17.0. The molecule has 1 aliphatic carbocycles. The van der Waals surface area contributed by atoms with Gasteiger partial charge in [0.15, 0.2) is 5.60 Å². The van der Waals surface area contributed by atoms with E-state index in [4.69, 9.17) is 5.73 Å². The molecule has 0 spiro atoms. The van der Waals surface area contributed by atoms with Crippen LogP contribution in [0.2, 0.25) is 0 Å². The second kappa shape index (κ2) is 6.20. The molecule has 2 fully saturated rings. The van der Waals surface area contributed by atoms with Crippen molar-refractivity contribution in [3.05, 3.63) is 35.4 Å². The summed E-state index contributed by atoms with van der Waals surface area (Å²) in [6, 6.07) is 8.16. The third kappa shape index (κ3) is 2.81. The number of likely N-dealkylation sites (tertiary alicyclic amines) is 1. The maximum atomic E-state index is 13.4.